The molecule has 8 aliphatic heterocycles. The van der Waals surface area contributed by atoms with E-state index in [0.717, 1.165) is 144 Å². The quantitative estimate of drug-likeness (QED) is 0.111. The number of ether oxygens (including phenoxy) is 3. The molecule has 506 valence electrons. The molecule has 14 rings (SSSR count). The van der Waals surface area contributed by atoms with Gasteiger partial charge in [-0.1, -0.05) is 78.2 Å². The van der Waals surface area contributed by atoms with Crippen LogP contribution in [0.15, 0.2) is 129 Å². The second-order valence-electron chi connectivity index (χ2n) is 26.8. The summed E-state index contributed by atoms with van der Waals surface area (Å²) in [5.74, 6) is 2.64. The molecule has 19 nitrogen and oxygen atoms in total. The van der Waals surface area contributed by atoms with Crippen molar-refractivity contribution in [3.05, 3.63) is 132 Å². The number of hydrogen-bond acceptors (Lipinski definition) is 16. The monoisotopic (exact) mass is 1360 g/mol. The average Bonchev–Trinajstić information content (AvgIpc) is 1.52. The largest absolute Gasteiger partial charge is 0.358 e. The number of likely N-dealkylation sites (tertiary alicyclic amines) is 3. The third-order valence-electron chi connectivity index (χ3n) is 20.3. The fourth-order valence-electron chi connectivity index (χ4n) is 14.4. The van der Waals surface area contributed by atoms with Crippen LogP contribution in [0, 0.1) is 32.6 Å². The first-order chi connectivity index (χ1) is 44.0. The summed E-state index contributed by atoms with van der Waals surface area (Å²) >= 11 is 1.81. The molecular weight excluding hydrogens is 1270 g/mol. The number of benzene rings is 4. The molecule has 0 atom stereocenters. The van der Waals surface area contributed by atoms with Crippen molar-refractivity contribution in [2.24, 2.45) is 11.8 Å². The zero-order chi connectivity index (χ0) is 65.0. The summed E-state index contributed by atoms with van der Waals surface area (Å²) in [5.41, 5.74) is 2.40. The molecule has 24 heteroatoms. The Morgan fingerprint density at radius 3 is 1.11 bits per heavy atom. The van der Waals surface area contributed by atoms with Gasteiger partial charge in [0, 0.05) is 129 Å². The average molecular weight is 1360 g/mol. The second kappa shape index (κ2) is 29.2. The SMILES string of the molecule is C=CCN1CCC2(CC1)OCCN2S(=O)(=O)c1ccc(C)cc1.CCc1ccc(S(=O)(=O)N2CCOC23CCN(CC2CC2)CC3)cc1.Cc1ccc(S(=O)(=O)N2CCOC23CCN(CC2CC2)CC3)cc1.Cc1ccc(S(=O)(=O)N2CCSC23CCNCC3)cc1. The van der Waals surface area contributed by atoms with E-state index in [-0.39, 0.29) is 4.87 Å². The van der Waals surface area contributed by atoms with E-state index in [1.165, 1.54) is 38.8 Å². The topological polar surface area (TPSA) is 199 Å². The first-order valence-corrected chi connectivity index (χ1v) is 40.3. The standard InChI is InChI=1S/C19H28N2O3S.C18H26N2O3S.C17H24N2O3S.C14H20N2O2S2/c1-2-16-5-7-18(8-6-16)25(22,23)21-13-14-24-19(21)9-11-20(12-10-19)15-17-3-4-17;1-15-2-6-17(7-3-15)24(21,22)20-12-13-23-18(20)8-10-19(11-9-18)14-16-4-5-16;1-3-10-18-11-8-17(9-12-18)19(13-14-22-17)23(20,21)16-6-4-15(2)5-7-16;1-12-2-4-13(5-3-12)20(17,18)16-10-11-19-14(16)6-8-15-9-7-14/h5-8,17H,2-4,9-15H2,1H3;2-3,6-7,16H,4-5,8-14H2,1H3;3-7H,1,8-14H2,2H3;2-5,15H,6-11H2,1H3. The van der Waals surface area contributed by atoms with E-state index in [1.54, 1.807) is 77.5 Å². The minimum Gasteiger partial charge on any atom is -0.358 e. The van der Waals surface area contributed by atoms with E-state index >= 15 is 0 Å². The molecule has 4 aromatic carbocycles. The van der Waals surface area contributed by atoms with Crippen LogP contribution >= 0.6 is 11.8 Å². The Labute approximate surface area is 553 Å². The summed E-state index contributed by atoms with van der Waals surface area (Å²) in [5, 5.41) is 3.32. The minimum absolute atomic E-state index is 0.227. The molecule has 4 spiro atoms. The van der Waals surface area contributed by atoms with Gasteiger partial charge in [0.1, 0.15) is 17.2 Å². The van der Waals surface area contributed by atoms with Gasteiger partial charge in [-0.3, -0.25) is 4.90 Å². The van der Waals surface area contributed by atoms with Crippen LogP contribution in [0.5, 0.6) is 0 Å². The lowest BCUT2D eigenvalue weighted by molar-refractivity contribution is -0.0912. The van der Waals surface area contributed by atoms with Gasteiger partial charge >= 0.3 is 0 Å². The smallest absolute Gasteiger partial charge is 0.245 e. The maximum Gasteiger partial charge on any atom is 0.245 e. The highest BCUT2D eigenvalue weighted by atomic mass is 32.2. The Morgan fingerprint density at radius 2 is 0.783 bits per heavy atom. The van der Waals surface area contributed by atoms with Crippen molar-refractivity contribution < 1.29 is 47.9 Å². The van der Waals surface area contributed by atoms with Crippen molar-refractivity contribution in [3.63, 3.8) is 0 Å². The molecule has 10 aliphatic rings. The number of piperidine rings is 4. The van der Waals surface area contributed by atoms with Crippen molar-refractivity contribution in [3.8, 4) is 0 Å². The molecule has 92 heavy (non-hydrogen) atoms. The summed E-state index contributed by atoms with van der Waals surface area (Å²) in [4.78, 5) is 8.52. The molecule has 0 radical (unpaired) electrons. The van der Waals surface area contributed by atoms with Gasteiger partial charge in [-0.15, -0.1) is 18.3 Å². The Hall–Kier alpha value is -3.67. The van der Waals surface area contributed by atoms with Crippen LogP contribution in [0.3, 0.4) is 0 Å². The third kappa shape index (κ3) is 15.5. The maximum absolute atomic E-state index is 13.2. The number of aryl methyl sites for hydroxylation is 4. The first kappa shape index (κ1) is 69.7. The van der Waals surface area contributed by atoms with Gasteiger partial charge in [0.05, 0.1) is 44.3 Å². The maximum atomic E-state index is 13.2. The molecule has 2 saturated carbocycles. The highest BCUT2D eigenvalue weighted by Gasteiger charge is 2.54. The van der Waals surface area contributed by atoms with Crippen molar-refractivity contribution in [2.75, 3.05) is 124 Å². The summed E-state index contributed by atoms with van der Waals surface area (Å²) in [6.45, 7) is 25.5. The highest BCUT2D eigenvalue weighted by molar-refractivity contribution is 8.02. The van der Waals surface area contributed by atoms with Gasteiger partial charge in [0.15, 0.2) is 0 Å². The van der Waals surface area contributed by atoms with Crippen LogP contribution in [-0.2, 0) is 60.7 Å². The summed E-state index contributed by atoms with van der Waals surface area (Å²) < 4.78 is 129. The summed E-state index contributed by atoms with van der Waals surface area (Å²) in [6, 6.07) is 28.6. The molecule has 4 aromatic rings. The van der Waals surface area contributed by atoms with Crippen LogP contribution in [-0.4, -0.2) is 211 Å². The molecular formula is C68H98N8O11S5. The number of hydrogen-bond donors (Lipinski definition) is 1. The number of sulfonamides is 4. The number of nitrogens with zero attached hydrogens (tertiary/aromatic N) is 7. The molecule has 10 fully saturated rings. The van der Waals surface area contributed by atoms with Crippen molar-refractivity contribution in [1.29, 1.82) is 0 Å². The van der Waals surface area contributed by atoms with Gasteiger partial charge in [-0.25, -0.2) is 33.7 Å². The zero-order valence-electron chi connectivity index (χ0n) is 54.5. The van der Waals surface area contributed by atoms with E-state index in [1.807, 2.05) is 75.4 Å². The Morgan fingerprint density at radius 1 is 0.457 bits per heavy atom. The second-order valence-corrected chi connectivity index (χ2v) is 35.7. The Bertz CT molecular complexity index is 3590. The lowest BCUT2D eigenvalue weighted by Gasteiger charge is -2.43. The Kier molecular flexibility index (Phi) is 22.1. The van der Waals surface area contributed by atoms with Crippen molar-refractivity contribution in [2.45, 2.75) is 153 Å². The summed E-state index contributed by atoms with van der Waals surface area (Å²) in [6.07, 6.45) is 14.5. The minimum atomic E-state index is -3.52. The van der Waals surface area contributed by atoms with Gasteiger partial charge in [-0.2, -0.15) is 17.2 Å². The van der Waals surface area contributed by atoms with E-state index in [0.29, 0.717) is 78.4 Å². The van der Waals surface area contributed by atoms with Crippen LogP contribution in [0.1, 0.15) is 106 Å². The number of rotatable bonds is 15. The van der Waals surface area contributed by atoms with Crippen LogP contribution in [0.25, 0.3) is 0 Å². The third-order valence-corrected chi connectivity index (χ3v) is 29.9. The first-order valence-electron chi connectivity index (χ1n) is 33.5. The van der Waals surface area contributed by atoms with Crippen LogP contribution < -0.4 is 5.32 Å². The van der Waals surface area contributed by atoms with E-state index in [2.05, 4.69) is 33.5 Å². The van der Waals surface area contributed by atoms with Gasteiger partial charge < -0.3 is 29.3 Å². The highest BCUT2D eigenvalue weighted by Crippen LogP contribution is 2.47. The predicted octanol–water partition coefficient (Wildman–Crippen LogP) is 8.50. The fourth-order valence-corrected chi connectivity index (χ4v) is 23.2. The van der Waals surface area contributed by atoms with Gasteiger partial charge in [0.25, 0.3) is 0 Å². The number of nitrogens with one attached hydrogen (secondary N) is 1. The molecule has 8 heterocycles. The van der Waals surface area contributed by atoms with E-state index < -0.39 is 57.3 Å². The van der Waals surface area contributed by atoms with Crippen LogP contribution in [0.4, 0.5) is 0 Å². The predicted molar refractivity (Wildman–Crippen MR) is 361 cm³/mol. The lowest BCUT2D eigenvalue weighted by Crippen LogP contribution is -2.55. The Balaban J connectivity index is 0.000000126. The molecule has 0 bridgehead atoms. The number of thioether (sulfide) groups is 1. The zero-order valence-corrected chi connectivity index (χ0v) is 58.5. The molecule has 2 aliphatic carbocycles. The van der Waals surface area contributed by atoms with Crippen molar-refractivity contribution in [1.82, 2.24) is 37.2 Å². The van der Waals surface area contributed by atoms with Gasteiger partial charge in [0.2, 0.25) is 40.1 Å². The normalized spacial score (nSPS) is 24.0. The molecule has 0 aromatic heterocycles. The van der Waals surface area contributed by atoms with Crippen molar-refractivity contribution >= 4 is 51.9 Å². The fraction of sp³-hybridized carbons (Fsp3) is 0.618. The summed E-state index contributed by atoms with van der Waals surface area (Å²) in [7, 11) is -13.9. The molecule has 0 amide bonds. The molecule has 0 unspecified atom stereocenters. The molecule has 1 N–H and O–H groups in total. The van der Waals surface area contributed by atoms with Gasteiger partial charge in [-0.05, 0) is 145 Å². The van der Waals surface area contributed by atoms with E-state index in [4.69, 9.17) is 14.2 Å². The molecule has 8 saturated heterocycles. The van der Waals surface area contributed by atoms with E-state index in [9.17, 15) is 33.7 Å². The van der Waals surface area contributed by atoms with Crippen LogP contribution in [0.2, 0.25) is 0 Å². The lowest BCUT2D eigenvalue weighted by atomic mass is 10.0.